The minimum atomic E-state index is -4.34. The van der Waals surface area contributed by atoms with Crippen molar-refractivity contribution in [3.8, 4) is 0 Å². The van der Waals surface area contributed by atoms with Gasteiger partial charge >= 0.3 is 7.82 Å². The van der Waals surface area contributed by atoms with E-state index in [2.05, 4.69) is 31.3 Å². The summed E-state index contributed by atoms with van der Waals surface area (Å²) >= 11 is 0. The van der Waals surface area contributed by atoms with Gasteiger partial charge in [-0.15, -0.1) is 0 Å². The van der Waals surface area contributed by atoms with Crippen molar-refractivity contribution >= 4 is 13.7 Å². The quantitative estimate of drug-likeness (QED) is 0.0243. The monoisotopic (exact) mass is 926 g/mol. The molecule has 0 aromatic carbocycles. The molecule has 0 bridgehead atoms. The number of nitrogens with one attached hydrogen (secondary N) is 1. The van der Waals surface area contributed by atoms with Crippen LogP contribution in [0.5, 0.6) is 0 Å². The Bertz CT molecular complexity index is 1090. The fourth-order valence-corrected chi connectivity index (χ4v) is 9.01. The van der Waals surface area contributed by atoms with Crippen LogP contribution in [0, 0.1) is 0 Å². The van der Waals surface area contributed by atoms with Crippen LogP contribution < -0.4 is 5.32 Å². The molecular weight excluding hydrogens is 816 g/mol. The average Bonchev–Trinajstić information content (AvgIpc) is 3.25. The summed E-state index contributed by atoms with van der Waals surface area (Å²) in [7, 11) is 1.58. The van der Waals surface area contributed by atoms with E-state index in [-0.39, 0.29) is 19.1 Å². The smallest absolute Gasteiger partial charge is 0.387 e. The van der Waals surface area contributed by atoms with Crippen LogP contribution in [0.1, 0.15) is 271 Å². The Labute approximate surface area is 398 Å². The van der Waals surface area contributed by atoms with E-state index in [1.807, 2.05) is 27.2 Å². The molecule has 380 valence electrons. The number of likely N-dealkylation sites (N-methyl/N-ethyl adjacent to an activating group) is 1. The number of carbonyl (C=O) groups excluding carboxylic acids is 1. The van der Waals surface area contributed by atoms with Crippen LogP contribution in [-0.4, -0.2) is 73.4 Å². The Hall–Kier alpha value is -1.02. The summed E-state index contributed by atoms with van der Waals surface area (Å²) in [6, 6.07) is -0.845. The van der Waals surface area contributed by atoms with E-state index in [0.717, 1.165) is 38.5 Å². The van der Waals surface area contributed by atoms with Crippen molar-refractivity contribution < 1.29 is 32.9 Å². The number of unbranched alkanes of at least 4 members (excludes halogenated alkanes) is 36. The number of aliphatic hydroxyl groups is 1. The van der Waals surface area contributed by atoms with Gasteiger partial charge in [-0.05, 0) is 44.9 Å². The highest BCUT2D eigenvalue weighted by molar-refractivity contribution is 7.47. The zero-order valence-electron chi connectivity index (χ0n) is 43.3. The number of hydrogen-bond acceptors (Lipinski definition) is 5. The highest BCUT2D eigenvalue weighted by Gasteiger charge is 2.27. The van der Waals surface area contributed by atoms with Gasteiger partial charge in [0.05, 0.1) is 39.9 Å². The first-order valence-corrected chi connectivity index (χ1v) is 29.2. The lowest BCUT2D eigenvalue weighted by Crippen LogP contribution is -2.45. The minimum Gasteiger partial charge on any atom is -0.387 e. The van der Waals surface area contributed by atoms with Crippen molar-refractivity contribution in [1.82, 2.24) is 5.32 Å². The Morgan fingerprint density at radius 3 is 1.20 bits per heavy atom. The molecule has 0 aliphatic rings. The van der Waals surface area contributed by atoms with Crippen LogP contribution in [0.15, 0.2) is 24.3 Å². The van der Waals surface area contributed by atoms with Gasteiger partial charge in [-0.25, -0.2) is 4.57 Å². The van der Waals surface area contributed by atoms with Crippen LogP contribution in [0.2, 0.25) is 0 Å². The Balaban J connectivity index is 4.18. The summed E-state index contributed by atoms with van der Waals surface area (Å²) in [4.78, 5) is 23.3. The number of quaternary nitrogens is 1. The summed E-state index contributed by atoms with van der Waals surface area (Å²) in [5.74, 6) is -0.175. The molecule has 0 rings (SSSR count). The van der Waals surface area contributed by atoms with Crippen molar-refractivity contribution in [3.05, 3.63) is 24.3 Å². The van der Waals surface area contributed by atoms with Crippen LogP contribution in [-0.2, 0) is 18.4 Å². The fourth-order valence-electron chi connectivity index (χ4n) is 8.27. The van der Waals surface area contributed by atoms with Gasteiger partial charge in [-0.3, -0.25) is 13.8 Å². The van der Waals surface area contributed by atoms with E-state index in [1.54, 1.807) is 6.08 Å². The number of aliphatic hydroxyl groups excluding tert-OH is 1. The second-order valence-corrected chi connectivity index (χ2v) is 21.8. The van der Waals surface area contributed by atoms with Gasteiger partial charge < -0.3 is 19.8 Å². The van der Waals surface area contributed by atoms with Gasteiger partial charge in [0.25, 0.3) is 0 Å². The van der Waals surface area contributed by atoms with Crippen molar-refractivity contribution in [2.24, 2.45) is 0 Å². The Morgan fingerprint density at radius 1 is 0.516 bits per heavy atom. The van der Waals surface area contributed by atoms with Crippen LogP contribution >= 0.6 is 7.82 Å². The van der Waals surface area contributed by atoms with Gasteiger partial charge in [-0.2, -0.15) is 0 Å². The Kier molecular flexibility index (Phi) is 46.3. The molecule has 0 aromatic rings. The lowest BCUT2D eigenvalue weighted by atomic mass is 10.0. The lowest BCUT2D eigenvalue weighted by molar-refractivity contribution is -0.870. The normalized spacial score (nSPS) is 14.2. The summed E-state index contributed by atoms with van der Waals surface area (Å²) < 4.78 is 23.7. The molecule has 0 aliphatic carbocycles. The molecule has 0 radical (unpaired) electrons. The number of phosphoric acid groups is 1. The first-order chi connectivity index (χ1) is 31.0. The zero-order valence-corrected chi connectivity index (χ0v) is 44.2. The molecule has 0 saturated carbocycles. The molecule has 9 heteroatoms. The van der Waals surface area contributed by atoms with Crippen molar-refractivity contribution in [3.63, 3.8) is 0 Å². The second-order valence-electron chi connectivity index (χ2n) is 20.3. The van der Waals surface area contributed by atoms with E-state index in [1.165, 1.54) is 212 Å². The van der Waals surface area contributed by atoms with E-state index in [0.29, 0.717) is 17.4 Å². The summed E-state index contributed by atoms with van der Waals surface area (Å²) in [6.45, 7) is 4.85. The molecule has 3 atom stereocenters. The predicted molar refractivity (Wildman–Crippen MR) is 277 cm³/mol. The van der Waals surface area contributed by atoms with Crippen molar-refractivity contribution in [2.75, 3.05) is 40.9 Å². The minimum absolute atomic E-state index is 0.0629. The highest BCUT2D eigenvalue weighted by atomic mass is 31.2. The SMILES string of the molecule is CCCCCCCCCCCCCC/C=C\CCCCCCCCCCCCC(=O)NC(COP(=O)(O)OCC[N+](C)(C)C)C(O)/C=C/CCCCCCCCCCCCCCCC. The molecule has 0 aliphatic heterocycles. The molecule has 3 unspecified atom stereocenters. The molecule has 8 nitrogen and oxygen atoms in total. The molecule has 1 amide bonds. The molecule has 0 heterocycles. The van der Waals surface area contributed by atoms with Crippen LogP contribution in [0.3, 0.4) is 0 Å². The Morgan fingerprint density at radius 2 is 0.844 bits per heavy atom. The first-order valence-electron chi connectivity index (χ1n) is 27.7. The standard InChI is InChI=1S/C55H109N2O6P/c1-6-8-10-12-14-16-18-20-22-24-25-26-27-28-29-30-31-32-33-35-37-39-41-43-45-47-49-55(59)56-53(52-63-64(60,61)62-51-50-57(3,4)5)54(58)48-46-44-42-40-38-36-34-23-21-19-17-15-13-11-9-7-2/h28-29,46,48,53-54,58H,6-27,30-45,47,49-52H2,1-5H3,(H-,56,59,60,61)/p+1/b29-28-,48-46+. The number of hydrogen-bond donors (Lipinski definition) is 3. The lowest BCUT2D eigenvalue weighted by Gasteiger charge is -2.25. The van der Waals surface area contributed by atoms with E-state index in [4.69, 9.17) is 9.05 Å². The van der Waals surface area contributed by atoms with Gasteiger partial charge in [0.15, 0.2) is 0 Å². The molecule has 0 aromatic heterocycles. The van der Waals surface area contributed by atoms with Crippen molar-refractivity contribution in [1.29, 1.82) is 0 Å². The third kappa shape index (κ3) is 48.9. The van der Waals surface area contributed by atoms with E-state index in [9.17, 15) is 19.4 Å². The maximum atomic E-state index is 13.0. The molecular formula is C55H110N2O6P+. The maximum absolute atomic E-state index is 13.0. The average molecular weight is 926 g/mol. The van der Waals surface area contributed by atoms with E-state index >= 15 is 0 Å². The zero-order chi connectivity index (χ0) is 47.1. The van der Waals surface area contributed by atoms with E-state index < -0.39 is 20.0 Å². The molecule has 0 fully saturated rings. The number of nitrogens with zero attached hydrogens (tertiary/aromatic N) is 1. The fraction of sp³-hybridized carbons (Fsp3) is 0.909. The summed E-state index contributed by atoms with van der Waals surface area (Å²) in [5, 5.41) is 13.9. The van der Waals surface area contributed by atoms with Gasteiger partial charge in [0, 0.05) is 6.42 Å². The molecule has 0 saturated heterocycles. The topological polar surface area (TPSA) is 105 Å². The molecule has 3 N–H and O–H groups in total. The van der Waals surface area contributed by atoms with Crippen molar-refractivity contribution in [2.45, 2.75) is 283 Å². The maximum Gasteiger partial charge on any atom is 0.472 e. The summed E-state index contributed by atoms with van der Waals surface area (Å²) in [6.07, 6.45) is 58.4. The second kappa shape index (κ2) is 47.1. The molecule has 0 spiro atoms. The van der Waals surface area contributed by atoms with Crippen LogP contribution in [0.4, 0.5) is 0 Å². The predicted octanol–water partition coefficient (Wildman–Crippen LogP) is 16.4. The number of carbonyl (C=O) groups is 1. The van der Waals surface area contributed by atoms with Gasteiger partial charge in [-0.1, -0.05) is 244 Å². The largest absolute Gasteiger partial charge is 0.472 e. The molecule has 64 heavy (non-hydrogen) atoms. The van der Waals surface area contributed by atoms with Gasteiger partial charge in [0.1, 0.15) is 13.2 Å². The first kappa shape index (κ1) is 63.0. The number of allylic oxidation sites excluding steroid dienone is 3. The number of rotatable bonds is 51. The summed E-state index contributed by atoms with van der Waals surface area (Å²) in [5.41, 5.74) is 0. The van der Waals surface area contributed by atoms with Crippen LogP contribution in [0.25, 0.3) is 0 Å². The third-order valence-electron chi connectivity index (χ3n) is 12.7. The number of amides is 1. The number of phosphoric ester groups is 1. The third-order valence-corrected chi connectivity index (χ3v) is 13.6. The highest BCUT2D eigenvalue weighted by Crippen LogP contribution is 2.43. The van der Waals surface area contributed by atoms with Gasteiger partial charge in [0.2, 0.25) is 5.91 Å².